The Hall–Kier alpha value is -2.86. The van der Waals surface area contributed by atoms with E-state index < -0.39 is 33.7 Å². The maximum Gasteiger partial charge on any atom is 0.257 e. The normalized spacial score (nSPS) is 19.2. The van der Waals surface area contributed by atoms with Gasteiger partial charge in [-0.05, 0) is 68.6 Å². The van der Waals surface area contributed by atoms with Gasteiger partial charge in [-0.2, -0.15) is 4.37 Å². The molecule has 0 fully saturated rings. The Labute approximate surface area is 202 Å². The second-order valence-electron chi connectivity index (χ2n) is 8.65. The van der Waals surface area contributed by atoms with Crippen molar-refractivity contribution in [2.24, 2.45) is 0 Å². The number of sulfonamides is 1. The van der Waals surface area contributed by atoms with E-state index in [4.69, 9.17) is 4.74 Å². The van der Waals surface area contributed by atoms with Crippen LogP contribution in [0.3, 0.4) is 0 Å². The molecular weight excluding hydrogens is 476 g/mol. The van der Waals surface area contributed by atoms with Crippen molar-refractivity contribution in [3.05, 3.63) is 65.0 Å². The number of hydrogen-bond donors (Lipinski definition) is 3. The smallest absolute Gasteiger partial charge is 0.257 e. The largest absolute Gasteiger partial charge is 0.469 e. The topological polar surface area (TPSA) is 131 Å². The number of aryl methyl sites for hydroxylation is 2. The van der Waals surface area contributed by atoms with Crippen molar-refractivity contribution in [1.29, 1.82) is 0 Å². The van der Waals surface area contributed by atoms with Gasteiger partial charge in [0, 0.05) is 11.8 Å². The Bertz CT molecular complexity index is 1320. The lowest BCUT2D eigenvalue weighted by molar-refractivity contribution is -0.0632. The molecule has 4 rings (SSSR count). The number of nitrogens with zero attached hydrogens (tertiary/aromatic N) is 2. The van der Waals surface area contributed by atoms with E-state index in [0.29, 0.717) is 5.00 Å². The first-order valence-corrected chi connectivity index (χ1v) is 13.0. The lowest BCUT2D eigenvalue weighted by Gasteiger charge is -2.41. The molecule has 0 bridgehead atoms. The molecule has 3 aromatic rings. The quantitative estimate of drug-likeness (QED) is 0.472. The van der Waals surface area contributed by atoms with E-state index >= 15 is 0 Å². The lowest BCUT2D eigenvalue weighted by Crippen LogP contribution is -2.53. The maximum atomic E-state index is 13.2. The first-order chi connectivity index (χ1) is 16.0. The van der Waals surface area contributed by atoms with Gasteiger partial charge in [0.15, 0.2) is 0 Å². The van der Waals surface area contributed by atoms with Crippen molar-refractivity contribution in [2.75, 3.05) is 5.32 Å². The number of hydrogen-bond acceptors (Lipinski definition) is 8. The number of carbonyl (C=O) groups is 1. The van der Waals surface area contributed by atoms with Crippen molar-refractivity contribution in [2.45, 2.75) is 56.8 Å². The molecule has 0 saturated carbocycles. The number of rotatable bonds is 6. The Morgan fingerprint density at radius 3 is 2.56 bits per heavy atom. The molecule has 3 heterocycles. The zero-order valence-corrected chi connectivity index (χ0v) is 20.8. The van der Waals surface area contributed by atoms with Crippen molar-refractivity contribution in [3.63, 3.8) is 0 Å². The van der Waals surface area contributed by atoms with Crippen LogP contribution in [-0.4, -0.2) is 40.5 Å². The van der Waals surface area contributed by atoms with Gasteiger partial charge in [0.25, 0.3) is 5.91 Å². The zero-order valence-electron chi connectivity index (χ0n) is 19.2. The second kappa shape index (κ2) is 9.06. The summed E-state index contributed by atoms with van der Waals surface area (Å²) >= 11 is 1.15. The summed E-state index contributed by atoms with van der Waals surface area (Å²) in [5.74, 6) is -0.287. The monoisotopic (exact) mass is 502 g/mol. The van der Waals surface area contributed by atoms with Crippen molar-refractivity contribution in [3.8, 4) is 5.88 Å². The molecule has 0 unspecified atom stereocenters. The molecule has 2 aromatic heterocycles. The highest BCUT2D eigenvalue weighted by atomic mass is 32.2. The van der Waals surface area contributed by atoms with Crippen LogP contribution < -0.4 is 14.8 Å². The van der Waals surface area contributed by atoms with Crippen LogP contribution >= 0.6 is 11.5 Å². The minimum atomic E-state index is -3.99. The molecule has 11 heteroatoms. The molecule has 1 aromatic carbocycles. The molecule has 34 heavy (non-hydrogen) atoms. The number of anilines is 1. The average molecular weight is 503 g/mol. The van der Waals surface area contributed by atoms with Gasteiger partial charge in [-0.25, -0.2) is 18.1 Å². The van der Waals surface area contributed by atoms with E-state index in [1.807, 2.05) is 13.8 Å². The van der Waals surface area contributed by atoms with E-state index in [2.05, 4.69) is 19.4 Å². The molecule has 0 spiro atoms. The number of aliphatic hydroxyl groups is 1. The fraction of sp³-hybridized carbons (Fsp3) is 0.348. The number of aliphatic hydroxyl groups excluding tert-OH is 1. The number of fused-ring (bicyclic) bond motifs is 1. The van der Waals surface area contributed by atoms with Gasteiger partial charge in [-0.1, -0.05) is 19.1 Å². The standard InChI is InChI=1S/C23H26N4O5S2/c1-5-14-6-8-16(9-7-14)34(30,31)27-19-17-11-15(21(29)25-18-10-13(2)26-33-18)12-24-22(17)32-23(3,4)20(19)28/h6-12,19-20,27-28H,5H2,1-4H3,(H,25,29)/t19-,20+/m1/s1. The number of pyridine rings is 1. The van der Waals surface area contributed by atoms with Crippen LogP contribution in [0.2, 0.25) is 0 Å². The number of aromatic nitrogens is 2. The van der Waals surface area contributed by atoms with Crippen LogP contribution in [0.15, 0.2) is 47.5 Å². The second-order valence-corrected chi connectivity index (χ2v) is 11.2. The van der Waals surface area contributed by atoms with Gasteiger partial charge in [0.2, 0.25) is 15.9 Å². The minimum Gasteiger partial charge on any atom is -0.469 e. The van der Waals surface area contributed by atoms with Gasteiger partial charge < -0.3 is 15.2 Å². The molecule has 1 aliphatic heterocycles. The van der Waals surface area contributed by atoms with Crippen LogP contribution in [-0.2, 0) is 16.4 Å². The predicted octanol–water partition coefficient (Wildman–Crippen LogP) is 3.21. The summed E-state index contributed by atoms with van der Waals surface area (Å²) in [7, 11) is -3.99. The third-order valence-electron chi connectivity index (χ3n) is 5.65. The molecule has 3 N–H and O–H groups in total. The Kier molecular flexibility index (Phi) is 6.47. The fourth-order valence-corrected chi connectivity index (χ4v) is 5.53. The minimum absolute atomic E-state index is 0.0742. The lowest BCUT2D eigenvalue weighted by atomic mass is 9.88. The summed E-state index contributed by atoms with van der Waals surface area (Å²) in [5.41, 5.74) is 1.13. The average Bonchev–Trinajstić information content (AvgIpc) is 3.20. The molecule has 0 saturated heterocycles. The van der Waals surface area contributed by atoms with Crippen LogP contribution in [0, 0.1) is 6.92 Å². The first-order valence-electron chi connectivity index (χ1n) is 10.7. The molecule has 2 atom stereocenters. The van der Waals surface area contributed by atoms with E-state index in [0.717, 1.165) is 29.2 Å². The number of benzene rings is 1. The van der Waals surface area contributed by atoms with Crippen molar-refractivity contribution < 1.29 is 23.1 Å². The van der Waals surface area contributed by atoms with Crippen molar-refractivity contribution in [1.82, 2.24) is 14.1 Å². The zero-order chi connectivity index (χ0) is 24.7. The molecule has 180 valence electrons. The Morgan fingerprint density at radius 2 is 1.94 bits per heavy atom. The van der Waals surface area contributed by atoms with E-state index in [9.17, 15) is 18.3 Å². The van der Waals surface area contributed by atoms with E-state index in [-0.39, 0.29) is 21.9 Å². The molecular formula is C23H26N4O5S2. The highest BCUT2D eigenvalue weighted by Gasteiger charge is 2.45. The molecule has 1 aliphatic rings. The number of carbonyl (C=O) groups excluding carboxylic acids is 1. The van der Waals surface area contributed by atoms with Crippen LogP contribution in [0.4, 0.5) is 5.00 Å². The van der Waals surface area contributed by atoms with E-state index in [1.165, 1.54) is 24.4 Å². The van der Waals surface area contributed by atoms with Crippen LogP contribution in [0.25, 0.3) is 0 Å². The summed E-state index contributed by atoms with van der Waals surface area (Å²) in [6, 6.07) is 8.69. The summed E-state index contributed by atoms with van der Waals surface area (Å²) in [6.45, 7) is 7.09. The van der Waals surface area contributed by atoms with E-state index in [1.54, 1.807) is 32.0 Å². The first kappa shape index (κ1) is 24.3. The molecule has 0 aliphatic carbocycles. The fourth-order valence-electron chi connectivity index (χ4n) is 3.66. The van der Waals surface area contributed by atoms with Gasteiger partial charge in [-0.3, -0.25) is 4.79 Å². The summed E-state index contributed by atoms with van der Waals surface area (Å²) in [4.78, 5) is 17.1. The summed E-state index contributed by atoms with van der Waals surface area (Å²) < 4.78 is 38.9. The number of amides is 1. The highest BCUT2D eigenvalue weighted by Crippen LogP contribution is 2.39. The van der Waals surface area contributed by atoms with Gasteiger partial charge >= 0.3 is 0 Å². The van der Waals surface area contributed by atoms with Gasteiger partial charge in [-0.15, -0.1) is 0 Å². The summed E-state index contributed by atoms with van der Waals surface area (Å²) in [5, 5.41) is 14.3. The summed E-state index contributed by atoms with van der Waals surface area (Å²) in [6.07, 6.45) is 0.894. The van der Waals surface area contributed by atoms with Gasteiger partial charge in [0.05, 0.1) is 22.2 Å². The number of nitrogens with one attached hydrogen (secondary N) is 2. The molecule has 0 radical (unpaired) electrons. The van der Waals surface area contributed by atoms with Crippen molar-refractivity contribution >= 4 is 32.5 Å². The highest BCUT2D eigenvalue weighted by molar-refractivity contribution is 7.89. The third kappa shape index (κ3) is 4.83. The van der Waals surface area contributed by atoms with Crippen LogP contribution in [0.1, 0.15) is 54.0 Å². The van der Waals surface area contributed by atoms with Gasteiger partial charge in [0.1, 0.15) is 16.7 Å². The molecule has 1 amide bonds. The Morgan fingerprint density at radius 1 is 1.24 bits per heavy atom. The maximum absolute atomic E-state index is 13.2. The Balaban J connectivity index is 1.68. The van der Waals surface area contributed by atoms with Crippen LogP contribution in [0.5, 0.6) is 5.88 Å². The number of ether oxygens (including phenoxy) is 1. The molecule has 9 nitrogen and oxygen atoms in total. The SMILES string of the molecule is CCc1ccc(S(=O)(=O)N[C@@H]2c3cc(C(=O)Nc4cc(C)ns4)cnc3OC(C)(C)[C@H]2O)cc1. The predicted molar refractivity (Wildman–Crippen MR) is 129 cm³/mol. The third-order valence-corrected chi connectivity index (χ3v) is 7.91.